The van der Waals surface area contributed by atoms with Gasteiger partial charge in [0.05, 0.1) is 11.7 Å². The molecule has 1 fully saturated rings. The molecule has 0 aliphatic heterocycles. The van der Waals surface area contributed by atoms with Crippen LogP contribution in [0.3, 0.4) is 0 Å². The summed E-state index contributed by atoms with van der Waals surface area (Å²) < 4.78 is 5.85. The Kier molecular flexibility index (Phi) is 3.69. The Bertz CT molecular complexity index is 405. The molecule has 1 aliphatic carbocycles. The summed E-state index contributed by atoms with van der Waals surface area (Å²) in [4.78, 5) is 0. The van der Waals surface area contributed by atoms with Gasteiger partial charge in [0, 0.05) is 5.02 Å². The third-order valence-corrected chi connectivity index (χ3v) is 3.14. The lowest BCUT2D eigenvalue weighted by Crippen LogP contribution is -2.20. The summed E-state index contributed by atoms with van der Waals surface area (Å²) in [5.74, 6) is 0.666. The predicted molar refractivity (Wildman–Crippen MR) is 63.7 cm³/mol. The number of rotatable bonds is 2. The molecule has 1 aromatic rings. The van der Waals surface area contributed by atoms with Gasteiger partial charge in [0.15, 0.2) is 0 Å². The maximum absolute atomic E-state index is 8.98. The van der Waals surface area contributed by atoms with Crippen LogP contribution in [-0.4, -0.2) is 6.10 Å². The van der Waals surface area contributed by atoms with E-state index in [0.29, 0.717) is 16.3 Å². The summed E-state index contributed by atoms with van der Waals surface area (Å²) in [6.07, 6.45) is 6.19. The molecule has 3 heteroatoms. The molecule has 1 saturated carbocycles. The van der Waals surface area contributed by atoms with Crippen molar-refractivity contribution < 1.29 is 4.74 Å². The van der Waals surface area contributed by atoms with Crippen molar-refractivity contribution in [3.63, 3.8) is 0 Å². The van der Waals surface area contributed by atoms with Crippen LogP contribution in [-0.2, 0) is 0 Å². The molecule has 0 aromatic heterocycles. The van der Waals surface area contributed by atoms with Crippen LogP contribution in [0.25, 0.3) is 0 Å². The second-order valence-electron chi connectivity index (χ2n) is 4.13. The van der Waals surface area contributed by atoms with Crippen LogP contribution in [0.1, 0.15) is 37.7 Å². The van der Waals surface area contributed by atoms with Gasteiger partial charge in [0.1, 0.15) is 11.8 Å². The number of benzene rings is 1. The third kappa shape index (κ3) is 2.68. The van der Waals surface area contributed by atoms with Crippen LogP contribution in [0, 0.1) is 11.3 Å². The first-order valence-corrected chi connectivity index (χ1v) is 6.03. The van der Waals surface area contributed by atoms with E-state index in [1.54, 1.807) is 18.2 Å². The second-order valence-corrected chi connectivity index (χ2v) is 4.57. The van der Waals surface area contributed by atoms with Crippen molar-refractivity contribution in [1.29, 1.82) is 5.26 Å². The minimum atomic E-state index is 0.266. The van der Waals surface area contributed by atoms with Gasteiger partial charge in [-0.15, -0.1) is 0 Å². The Morgan fingerprint density at radius 3 is 2.69 bits per heavy atom. The number of hydrogen-bond donors (Lipinski definition) is 0. The van der Waals surface area contributed by atoms with Crippen molar-refractivity contribution in [1.82, 2.24) is 0 Å². The molecule has 0 heterocycles. The van der Waals surface area contributed by atoms with Gasteiger partial charge in [-0.2, -0.15) is 5.26 Å². The Hall–Kier alpha value is -1.20. The van der Waals surface area contributed by atoms with Crippen molar-refractivity contribution in [2.24, 2.45) is 0 Å². The van der Waals surface area contributed by atoms with Crippen molar-refractivity contribution >= 4 is 11.6 Å². The Balaban J connectivity index is 2.11. The van der Waals surface area contributed by atoms with E-state index < -0.39 is 0 Å². The van der Waals surface area contributed by atoms with Crippen LogP contribution in [0.2, 0.25) is 5.02 Å². The number of halogens is 1. The van der Waals surface area contributed by atoms with E-state index >= 15 is 0 Å². The smallest absolute Gasteiger partial charge is 0.137 e. The molecule has 0 spiro atoms. The first-order valence-electron chi connectivity index (χ1n) is 5.66. The summed E-state index contributed by atoms with van der Waals surface area (Å²) >= 11 is 5.83. The van der Waals surface area contributed by atoms with E-state index in [1.807, 2.05) is 0 Å². The average molecular weight is 236 g/mol. The van der Waals surface area contributed by atoms with Crippen molar-refractivity contribution in [2.75, 3.05) is 0 Å². The highest BCUT2D eigenvalue weighted by Crippen LogP contribution is 2.27. The molecule has 0 atom stereocenters. The van der Waals surface area contributed by atoms with Crippen LogP contribution >= 0.6 is 11.6 Å². The minimum absolute atomic E-state index is 0.266. The Morgan fingerprint density at radius 1 is 1.25 bits per heavy atom. The van der Waals surface area contributed by atoms with Crippen molar-refractivity contribution in [3.05, 3.63) is 28.8 Å². The maximum Gasteiger partial charge on any atom is 0.137 e. The molecule has 1 aromatic carbocycles. The van der Waals surface area contributed by atoms with E-state index in [9.17, 15) is 0 Å². The number of hydrogen-bond acceptors (Lipinski definition) is 2. The molecule has 0 saturated heterocycles. The maximum atomic E-state index is 8.98. The van der Waals surface area contributed by atoms with Gasteiger partial charge >= 0.3 is 0 Å². The fraction of sp³-hybridized carbons (Fsp3) is 0.462. The van der Waals surface area contributed by atoms with Gasteiger partial charge in [-0.05, 0) is 43.9 Å². The van der Waals surface area contributed by atoms with Gasteiger partial charge in [-0.1, -0.05) is 18.0 Å². The quantitative estimate of drug-likeness (QED) is 0.778. The molecular formula is C13H14ClNO. The summed E-state index contributed by atoms with van der Waals surface area (Å²) in [7, 11) is 0. The molecule has 1 aliphatic rings. The lowest BCUT2D eigenvalue weighted by molar-refractivity contribution is 0.154. The lowest BCUT2D eigenvalue weighted by atomic mass is 9.98. The van der Waals surface area contributed by atoms with Gasteiger partial charge in [-0.3, -0.25) is 0 Å². The van der Waals surface area contributed by atoms with Gasteiger partial charge in [-0.25, -0.2) is 0 Å². The highest BCUT2D eigenvalue weighted by molar-refractivity contribution is 6.30. The van der Waals surface area contributed by atoms with E-state index in [-0.39, 0.29) is 6.10 Å². The van der Waals surface area contributed by atoms with E-state index in [4.69, 9.17) is 21.6 Å². The molecule has 0 amide bonds. The molecule has 2 rings (SSSR count). The number of nitrogens with zero attached hydrogens (tertiary/aromatic N) is 1. The predicted octanol–water partition coefficient (Wildman–Crippen LogP) is 3.92. The summed E-state index contributed by atoms with van der Waals surface area (Å²) in [6, 6.07) is 7.32. The first kappa shape index (κ1) is 11.3. The topological polar surface area (TPSA) is 33.0 Å². The SMILES string of the molecule is N#Cc1cc(Cl)ccc1OC1CCCCC1. The summed E-state index contributed by atoms with van der Waals surface area (Å²) in [5.41, 5.74) is 0.526. The zero-order valence-electron chi connectivity index (χ0n) is 9.08. The molecular weight excluding hydrogens is 222 g/mol. The van der Waals surface area contributed by atoms with Crippen LogP contribution < -0.4 is 4.74 Å². The molecule has 2 nitrogen and oxygen atoms in total. The fourth-order valence-electron chi connectivity index (χ4n) is 2.05. The monoisotopic (exact) mass is 235 g/mol. The van der Waals surface area contributed by atoms with Crippen molar-refractivity contribution in [3.8, 4) is 11.8 Å². The average Bonchev–Trinajstić information content (AvgIpc) is 2.33. The zero-order chi connectivity index (χ0) is 11.4. The molecule has 0 radical (unpaired) electrons. The molecule has 84 valence electrons. The molecule has 0 unspecified atom stereocenters. The van der Waals surface area contributed by atoms with Gasteiger partial charge in [0.25, 0.3) is 0 Å². The summed E-state index contributed by atoms with van der Waals surface area (Å²) in [6.45, 7) is 0. The fourth-order valence-corrected chi connectivity index (χ4v) is 2.23. The van der Waals surface area contributed by atoms with Crippen LogP contribution in [0.4, 0.5) is 0 Å². The normalized spacial score (nSPS) is 16.8. The standard InChI is InChI=1S/C13H14ClNO/c14-11-6-7-13(10(8-11)9-15)16-12-4-2-1-3-5-12/h6-8,12H,1-5H2. The van der Waals surface area contributed by atoms with Crippen molar-refractivity contribution in [2.45, 2.75) is 38.2 Å². The van der Waals surface area contributed by atoms with Gasteiger partial charge in [0.2, 0.25) is 0 Å². The summed E-state index contributed by atoms with van der Waals surface area (Å²) in [5, 5.41) is 9.56. The minimum Gasteiger partial charge on any atom is -0.489 e. The molecule has 0 N–H and O–H groups in total. The Morgan fingerprint density at radius 2 is 2.00 bits per heavy atom. The van der Waals surface area contributed by atoms with E-state index in [0.717, 1.165) is 12.8 Å². The molecule has 0 bridgehead atoms. The van der Waals surface area contributed by atoms with E-state index in [1.165, 1.54) is 19.3 Å². The Labute approximate surface area is 101 Å². The van der Waals surface area contributed by atoms with Gasteiger partial charge < -0.3 is 4.74 Å². The van der Waals surface area contributed by atoms with E-state index in [2.05, 4.69) is 6.07 Å². The highest BCUT2D eigenvalue weighted by Gasteiger charge is 2.16. The zero-order valence-corrected chi connectivity index (χ0v) is 9.83. The second kappa shape index (κ2) is 5.23. The first-order chi connectivity index (χ1) is 7.79. The lowest BCUT2D eigenvalue weighted by Gasteiger charge is -2.23. The van der Waals surface area contributed by atoms with Crippen LogP contribution in [0.15, 0.2) is 18.2 Å². The third-order valence-electron chi connectivity index (χ3n) is 2.91. The van der Waals surface area contributed by atoms with Crippen LogP contribution in [0.5, 0.6) is 5.75 Å². The largest absolute Gasteiger partial charge is 0.489 e. The molecule has 16 heavy (non-hydrogen) atoms. The highest BCUT2D eigenvalue weighted by atomic mass is 35.5. The number of nitriles is 1. The number of ether oxygens (including phenoxy) is 1.